The van der Waals surface area contributed by atoms with Crippen molar-refractivity contribution < 1.29 is 4.74 Å². The molecular formula is C11H21NO. The smallest absolute Gasteiger partial charge is 0.0471 e. The average molecular weight is 183 g/mol. The largest absolute Gasteiger partial charge is 0.381 e. The third-order valence-corrected chi connectivity index (χ3v) is 4.30. The van der Waals surface area contributed by atoms with Crippen molar-refractivity contribution in [1.82, 2.24) is 0 Å². The van der Waals surface area contributed by atoms with E-state index in [1.54, 1.807) is 0 Å². The summed E-state index contributed by atoms with van der Waals surface area (Å²) in [6.07, 6.45) is 2.38. The Morgan fingerprint density at radius 3 is 2.00 bits per heavy atom. The van der Waals surface area contributed by atoms with E-state index in [0.717, 1.165) is 13.2 Å². The third kappa shape index (κ3) is 1.31. The van der Waals surface area contributed by atoms with Crippen LogP contribution in [-0.4, -0.2) is 19.3 Å². The lowest BCUT2D eigenvalue weighted by Gasteiger charge is -2.35. The number of nitrogens with two attached hydrogens (primary N) is 1. The van der Waals surface area contributed by atoms with Gasteiger partial charge in [-0.15, -0.1) is 0 Å². The second-order valence-electron chi connectivity index (χ2n) is 5.59. The van der Waals surface area contributed by atoms with Gasteiger partial charge >= 0.3 is 0 Å². The minimum absolute atomic E-state index is 0.367. The first-order valence-electron chi connectivity index (χ1n) is 5.32. The van der Waals surface area contributed by atoms with Gasteiger partial charge in [0, 0.05) is 19.3 Å². The van der Waals surface area contributed by atoms with E-state index in [1.807, 2.05) is 0 Å². The number of rotatable bonds is 1. The van der Waals surface area contributed by atoms with E-state index in [0.29, 0.717) is 22.8 Å². The molecule has 1 aliphatic heterocycles. The predicted molar refractivity (Wildman–Crippen MR) is 53.4 cm³/mol. The molecular weight excluding hydrogens is 162 g/mol. The summed E-state index contributed by atoms with van der Waals surface area (Å²) in [7, 11) is 0. The first-order valence-corrected chi connectivity index (χ1v) is 5.32. The van der Waals surface area contributed by atoms with Gasteiger partial charge in [-0.25, -0.2) is 0 Å². The predicted octanol–water partition coefficient (Wildman–Crippen LogP) is 1.79. The van der Waals surface area contributed by atoms with E-state index >= 15 is 0 Å². The van der Waals surface area contributed by atoms with Gasteiger partial charge in [-0.3, -0.25) is 0 Å². The van der Waals surface area contributed by atoms with Crippen molar-refractivity contribution in [1.29, 1.82) is 0 Å². The molecule has 0 radical (unpaired) electrons. The van der Waals surface area contributed by atoms with Crippen LogP contribution in [0.15, 0.2) is 0 Å². The van der Waals surface area contributed by atoms with E-state index < -0.39 is 0 Å². The molecule has 13 heavy (non-hydrogen) atoms. The fourth-order valence-corrected chi connectivity index (χ4v) is 3.16. The minimum atomic E-state index is 0.367. The van der Waals surface area contributed by atoms with Crippen molar-refractivity contribution in [3.05, 3.63) is 0 Å². The van der Waals surface area contributed by atoms with Crippen molar-refractivity contribution in [2.75, 3.05) is 13.2 Å². The lowest BCUT2D eigenvalue weighted by Crippen LogP contribution is -2.31. The molecule has 76 valence electrons. The van der Waals surface area contributed by atoms with Crippen molar-refractivity contribution in [3.8, 4) is 0 Å². The molecule has 1 saturated carbocycles. The van der Waals surface area contributed by atoms with Gasteiger partial charge in [0.05, 0.1) is 0 Å². The standard InChI is InChI=1S/C11H21NO/c1-10(2)8(9(10)12)11(3)4-6-13-7-5-11/h8-9H,4-7,12H2,1-3H3/t8-,9-/m0/s1. The zero-order valence-electron chi connectivity index (χ0n) is 8.97. The molecule has 0 amide bonds. The Balaban J connectivity index is 2.08. The molecule has 2 atom stereocenters. The average Bonchev–Trinajstić information content (AvgIpc) is 2.53. The van der Waals surface area contributed by atoms with Gasteiger partial charge in [-0.1, -0.05) is 20.8 Å². The highest BCUT2D eigenvalue weighted by Crippen LogP contribution is 2.62. The lowest BCUT2D eigenvalue weighted by atomic mass is 9.75. The first-order chi connectivity index (χ1) is 5.98. The highest BCUT2D eigenvalue weighted by molar-refractivity contribution is 5.15. The lowest BCUT2D eigenvalue weighted by molar-refractivity contribution is 0.00636. The Morgan fingerprint density at radius 1 is 1.15 bits per heavy atom. The van der Waals surface area contributed by atoms with E-state index in [4.69, 9.17) is 10.5 Å². The molecule has 2 rings (SSSR count). The third-order valence-electron chi connectivity index (χ3n) is 4.30. The molecule has 1 saturated heterocycles. The first kappa shape index (κ1) is 9.47. The van der Waals surface area contributed by atoms with Crippen LogP contribution >= 0.6 is 0 Å². The highest BCUT2D eigenvalue weighted by Gasteiger charge is 2.62. The van der Waals surface area contributed by atoms with Crippen LogP contribution in [0.2, 0.25) is 0 Å². The Kier molecular flexibility index (Phi) is 1.97. The fraction of sp³-hybridized carbons (Fsp3) is 1.00. The van der Waals surface area contributed by atoms with Crippen LogP contribution in [0.25, 0.3) is 0 Å². The molecule has 2 aliphatic rings. The van der Waals surface area contributed by atoms with Gasteiger partial charge in [0.2, 0.25) is 0 Å². The van der Waals surface area contributed by atoms with Crippen LogP contribution in [0, 0.1) is 16.7 Å². The maximum absolute atomic E-state index is 6.12. The maximum Gasteiger partial charge on any atom is 0.0471 e. The Bertz CT molecular complexity index is 206. The number of hydrogen-bond donors (Lipinski definition) is 1. The number of ether oxygens (including phenoxy) is 1. The van der Waals surface area contributed by atoms with E-state index in [9.17, 15) is 0 Å². The second kappa shape index (κ2) is 2.71. The summed E-state index contributed by atoms with van der Waals surface area (Å²) in [5, 5.41) is 0. The molecule has 1 aliphatic carbocycles. The van der Waals surface area contributed by atoms with Gasteiger partial charge in [-0.05, 0) is 29.6 Å². The molecule has 2 heteroatoms. The molecule has 2 N–H and O–H groups in total. The van der Waals surface area contributed by atoms with E-state index in [1.165, 1.54) is 12.8 Å². The second-order valence-corrected chi connectivity index (χ2v) is 5.59. The van der Waals surface area contributed by atoms with Gasteiger partial charge in [-0.2, -0.15) is 0 Å². The molecule has 0 unspecified atom stereocenters. The fourth-order valence-electron chi connectivity index (χ4n) is 3.16. The Labute approximate surface area is 80.8 Å². The van der Waals surface area contributed by atoms with Crippen molar-refractivity contribution >= 4 is 0 Å². The molecule has 2 fully saturated rings. The Hall–Kier alpha value is -0.0800. The van der Waals surface area contributed by atoms with Crippen molar-refractivity contribution in [2.45, 2.75) is 39.7 Å². The van der Waals surface area contributed by atoms with Crippen molar-refractivity contribution in [2.24, 2.45) is 22.5 Å². The number of hydrogen-bond acceptors (Lipinski definition) is 2. The van der Waals surface area contributed by atoms with Crippen LogP contribution in [0.5, 0.6) is 0 Å². The summed E-state index contributed by atoms with van der Waals surface area (Å²) < 4.78 is 5.41. The van der Waals surface area contributed by atoms with E-state index in [-0.39, 0.29) is 0 Å². The molecule has 0 bridgehead atoms. The molecule has 1 heterocycles. The molecule has 2 nitrogen and oxygen atoms in total. The summed E-state index contributed by atoms with van der Waals surface area (Å²) in [5.41, 5.74) is 6.93. The Morgan fingerprint density at radius 2 is 1.62 bits per heavy atom. The van der Waals surface area contributed by atoms with Gasteiger partial charge < -0.3 is 10.5 Å². The summed E-state index contributed by atoms with van der Waals surface area (Å²) in [6, 6.07) is 0.413. The van der Waals surface area contributed by atoms with E-state index in [2.05, 4.69) is 20.8 Å². The summed E-state index contributed by atoms with van der Waals surface area (Å²) >= 11 is 0. The monoisotopic (exact) mass is 183 g/mol. The minimum Gasteiger partial charge on any atom is -0.381 e. The topological polar surface area (TPSA) is 35.2 Å². The quantitative estimate of drug-likeness (QED) is 0.672. The van der Waals surface area contributed by atoms with Crippen LogP contribution in [0.1, 0.15) is 33.6 Å². The molecule has 0 aromatic rings. The maximum atomic E-state index is 6.12. The highest BCUT2D eigenvalue weighted by atomic mass is 16.5. The van der Waals surface area contributed by atoms with Crippen LogP contribution < -0.4 is 5.73 Å². The summed E-state index contributed by atoms with van der Waals surface area (Å²) in [5.74, 6) is 0.712. The SMILES string of the molecule is CC1([C@H]2[C@H](N)C2(C)C)CCOCC1. The normalized spacial score (nSPS) is 41.5. The zero-order chi connectivity index (χ0) is 9.69. The van der Waals surface area contributed by atoms with Gasteiger partial charge in [0.25, 0.3) is 0 Å². The van der Waals surface area contributed by atoms with Crippen molar-refractivity contribution in [3.63, 3.8) is 0 Å². The molecule has 0 spiro atoms. The van der Waals surface area contributed by atoms with Crippen LogP contribution in [0.4, 0.5) is 0 Å². The molecule has 0 aromatic carbocycles. The molecule has 0 aromatic heterocycles. The summed E-state index contributed by atoms with van der Waals surface area (Å²) in [4.78, 5) is 0. The summed E-state index contributed by atoms with van der Waals surface area (Å²) in [6.45, 7) is 8.83. The van der Waals surface area contributed by atoms with Gasteiger partial charge in [0.15, 0.2) is 0 Å². The van der Waals surface area contributed by atoms with Crippen LogP contribution in [0.3, 0.4) is 0 Å². The van der Waals surface area contributed by atoms with Crippen LogP contribution in [-0.2, 0) is 4.74 Å². The zero-order valence-corrected chi connectivity index (χ0v) is 8.97. The van der Waals surface area contributed by atoms with Gasteiger partial charge in [0.1, 0.15) is 0 Å².